The molecule has 4 heteroatoms. The molecule has 2 aromatic rings. The largest absolute Gasteiger partial charge is 0.497 e. The lowest BCUT2D eigenvalue weighted by Crippen LogP contribution is -2.23. The molecule has 3 nitrogen and oxygen atoms in total. The lowest BCUT2D eigenvalue weighted by Gasteiger charge is -2.10. The molecule has 104 valence electrons. The molecule has 0 spiro atoms. The van der Waals surface area contributed by atoms with Crippen LogP contribution < -0.4 is 10.1 Å². The van der Waals surface area contributed by atoms with Crippen LogP contribution in [-0.2, 0) is 13.6 Å². The number of nitrogens with zero attached hydrogens (tertiary/aromatic N) is 1. The number of hydrogen-bond acceptors (Lipinski definition) is 2. The third-order valence-electron chi connectivity index (χ3n) is 3.42. The molecule has 0 aliphatic carbocycles. The van der Waals surface area contributed by atoms with Gasteiger partial charge in [-0.05, 0) is 40.5 Å². The van der Waals surface area contributed by atoms with Gasteiger partial charge in [0.15, 0.2) is 0 Å². The zero-order chi connectivity index (χ0) is 14.2. The number of rotatable bonds is 4. The predicted octanol–water partition coefficient (Wildman–Crippen LogP) is 3.76. The Kier molecular flexibility index (Phi) is 4.21. The van der Waals surface area contributed by atoms with Gasteiger partial charge in [0, 0.05) is 35.2 Å². The van der Waals surface area contributed by atoms with E-state index in [4.69, 9.17) is 4.74 Å². The van der Waals surface area contributed by atoms with E-state index in [0.29, 0.717) is 6.04 Å². The number of aromatic nitrogens is 1. The van der Waals surface area contributed by atoms with Crippen molar-refractivity contribution in [1.82, 2.24) is 9.88 Å². The van der Waals surface area contributed by atoms with Gasteiger partial charge in [-0.25, -0.2) is 0 Å². The zero-order valence-electron chi connectivity index (χ0n) is 12.2. The molecular weight excluding hydrogens is 304 g/mol. The van der Waals surface area contributed by atoms with E-state index in [0.717, 1.165) is 16.8 Å². The number of ether oxygens (including phenoxy) is 1. The smallest absolute Gasteiger partial charge is 0.119 e. The van der Waals surface area contributed by atoms with Gasteiger partial charge in [0.05, 0.1) is 12.6 Å². The molecule has 1 heterocycles. The van der Waals surface area contributed by atoms with Crippen molar-refractivity contribution in [3.05, 3.63) is 27.9 Å². The summed E-state index contributed by atoms with van der Waals surface area (Å²) in [6.07, 6.45) is 0. The maximum atomic E-state index is 5.36. The van der Waals surface area contributed by atoms with E-state index in [1.807, 2.05) is 0 Å². The molecule has 0 aliphatic heterocycles. The Labute approximate surface area is 123 Å². The Balaban J connectivity index is 2.58. The minimum Gasteiger partial charge on any atom is -0.497 e. The molecule has 0 saturated carbocycles. The minimum absolute atomic E-state index is 0.473. The first-order valence-electron chi connectivity index (χ1n) is 6.50. The molecule has 1 aromatic carbocycles. The van der Waals surface area contributed by atoms with E-state index in [1.54, 1.807) is 7.11 Å². The van der Waals surface area contributed by atoms with Crippen molar-refractivity contribution < 1.29 is 4.74 Å². The number of halogens is 1. The van der Waals surface area contributed by atoms with Gasteiger partial charge < -0.3 is 14.6 Å². The van der Waals surface area contributed by atoms with Gasteiger partial charge in [-0.2, -0.15) is 0 Å². The van der Waals surface area contributed by atoms with Gasteiger partial charge in [-0.1, -0.05) is 13.8 Å². The summed E-state index contributed by atoms with van der Waals surface area (Å²) in [6.45, 7) is 7.29. The number of benzene rings is 1. The monoisotopic (exact) mass is 324 g/mol. The fraction of sp³-hybridized carbons (Fsp3) is 0.467. The second-order valence-electron chi connectivity index (χ2n) is 5.20. The summed E-state index contributed by atoms with van der Waals surface area (Å²) in [6, 6.07) is 4.64. The zero-order valence-corrected chi connectivity index (χ0v) is 13.8. The predicted molar refractivity (Wildman–Crippen MR) is 83.9 cm³/mol. The average molecular weight is 325 g/mol. The lowest BCUT2D eigenvalue weighted by molar-refractivity contribution is 0.415. The summed E-state index contributed by atoms with van der Waals surface area (Å²) in [5, 5.41) is 4.68. The Bertz CT molecular complexity index is 602. The number of aryl methyl sites for hydroxylation is 2. The highest BCUT2D eigenvalue weighted by Crippen LogP contribution is 2.35. The second-order valence-corrected chi connectivity index (χ2v) is 5.99. The summed E-state index contributed by atoms with van der Waals surface area (Å²) in [7, 11) is 3.82. The van der Waals surface area contributed by atoms with Gasteiger partial charge in [-0.3, -0.25) is 0 Å². The fourth-order valence-corrected chi connectivity index (χ4v) is 3.12. The highest BCUT2D eigenvalue weighted by molar-refractivity contribution is 9.10. The van der Waals surface area contributed by atoms with E-state index in [-0.39, 0.29) is 0 Å². The molecule has 0 unspecified atom stereocenters. The van der Waals surface area contributed by atoms with Crippen molar-refractivity contribution in [2.75, 3.05) is 7.11 Å². The highest BCUT2D eigenvalue weighted by Gasteiger charge is 2.15. The Morgan fingerprint density at radius 3 is 2.63 bits per heavy atom. The van der Waals surface area contributed by atoms with Crippen LogP contribution in [0.15, 0.2) is 16.6 Å². The topological polar surface area (TPSA) is 26.2 Å². The van der Waals surface area contributed by atoms with Crippen LogP contribution in [0.25, 0.3) is 10.9 Å². The molecule has 0 atom stereocenters. The van der Waals surface area contributed by atoms with Crippen molar-refractivity contribution in [2.24, 2.45) is 7.05 Å². The Hall–Kier alpha value is -1.00. The molecule has 0 amide bonds. The number of methoxy groups -OCH3 is 1. The first-order valence-corrected chi connectivity index (χ1v) is 7.29. The van der Waals surface area contributed by atoms with Crippen molar-refractivity contribution >= 4 is 26.8 Å². The normalized spacial score (nSPS) is 11.5. The van der Waals surface area contributed by atoms with E-state index < -0.39 is 0 Å². The van der Waals surface area contributed by atoms with Crippen molar-refractivity contribution in [2.45, 2.75) is 33.4 Å². The summed E-state index contributed by atoms with van der Waals surface area (Å²) in [4.78, 5) is 0. The molecule has 1 aromatic heterocycles. The molecule has 0 bridgehead atoms. The van der Waals surface area contributed by atoms with Crippen LogP contribution in [0.5, 0.6) is 5.75 Å². The summed E-state index contributed by atoms with van der Waals surface area (Å²) in [5.41, 5.74) is 3.75. The summed E-state index contributed by atoms with van der Waals surface area (Å²) >= 11 is 3.73. The van der Waals surface area contributed by atoms with Crippen LogP contribution in [0, 0.1) is 6.92 Å². The summed E-state index contributed by atoms with van der Waals surface area (Å²) in [5.74, 6) is 0.902. The molecule has 0 saturated heterocycles. The highest BCUT2D eigenvalue weighted by atomic mass is 79.9. The maximum absolute atomic E-state index is 5.36. The minimum atomic E-state index is 0.473. The summed E-state index contributed by atoms with van der Waals surface area (Å²) < 4.78 is 8.77. The van der Waals surface area contributed by atoms with Crippen molar-refractivity contribution in [3.63, 3.8) is 0 Å². The molecule has 0 aliphatic rings. The average Bonchev–Trinajstić information content (AvgIpc) is 2.59. The first-order chi connectivity index (χ1) is 8.95. The lowest BCUT2D eigenvalue weighted by atomic mass is 10.1. The third kappa shape index (κ3) is 2.65. The molecule has 19 heavy (non-hydrogen) atoms. The van der Waals surface area contributed by atoms with Gasteiger partial charge in [0.1, 0.15) is 5.75 Å². The van der Waals surface area contributed by atoms with Crippen LogP contribution in [0.3, 0.4) is 0 Å². The number of fused-ring (bicyclic) bond motifs is 1. The van der Waals surface area contributed by atoms with Gasteiger partial charge >= 0.3 is 0 Å². The second kappa shape index (κ2) is 5.55. The molecule has 0 radical (unpaired) electrons. The fourth-order valence-electron chi connectivity index (χ4n) is 2.41. The SMILES string of the molecule is COc1cc(C)c2c(c1)c(Br)c(CNC(C)C)n2C. The van der Waals surface area contributed by atoms with Crippen molar-refractivity contribution in [1.29, 1.82) is 0 Å². The third-order valence-corrected chi connectivity index (χ3v) is 4.30. The molecule has 1 N–H and O–H groups in total. The van der Waals surface area contributed by atoms with Gasteiger partial charge in [0.2, 0.25) is 0 Å². The molecule has 2 rings (SSSR count). The van der Waals surface area contributed by atoms with Crippen LogP contribution in [0.2, 0.25) is 0 Å². The number of hydrogen-bond donors (Lipinski definition) is 1. The Morgan fingerprint density at radius 1 is 1.37 bits per heavy atom. The van der Waals surface area contributed by atoms with E-state index in [1.165, 1.54) is 22.2 Å². The van der Waals surface area contributed by atoms with Gasteiger partial charge in [-0.15, -0.1) is 0 Å². The molecule has 0 fully saturated rings. The molecular formula is C15H21BrN2O. The number of nitrogens with one attached hydrogen (secondary N) is 1. The Morgan fingerprint density at radius 2 is 2.05 bits per heavy atom. The first kappa shape index (κ1) is 14.4. The quantitative estimate of drug-likeness (QED) is 0.926. The van der Waals surface area contributed by atoms with Crippen molar-refractivity contribution in [3.8, 4) is 5.75 Å². The van der Waals surface area contributed by atoms with Crippen LogP contribution in [-0.4, -0.2) is 17.7 Å². The van der Waals surface area contributed by atoms with Gasteiger partial charge in [0.25, 0.3) is 0 Å². The maximum Gasteiger partial charge on any atom is 0.119 e. The van der Waals surface area contributed by atoms with E-state index in [2.05, 4.69) is 65.8 Å². The standard InChI is InChI=1S/C15H21BrN2O/c1-9(2)17-8-13-14(16)12-7-11(19-5)6-10(3)15(12)18(13)4/h6-7,9,17H,8H2,1-5H3. The van der Waals surface area contributed by atoms with Crippen LogP contribution in [0.4, 0.5) is 0 Å². The van der Waals surface area contributed by atoms with Crippen LogP contribution in [0.1, 0.15) is 25.1 Å². The van der Waals surface area contributed by atoms with E-state index in [9.17, 15) is 0 Å². The van der Waals surface area contributed by atoms with E-state index >= 15 is 0 Å². The van der Waals surface area contributed by atoms with Crippen LogP contribution >= 0.6 is 15.9 Å².